The van der Waals surface area contributed by atoms with Gasteiger partial charge in [0, 0.05) is 53.2 Å². The molecule has 6 heteroatoms. The van der Waals surface area contributed by atoms with Crippen molar-refractivity contribution in [1.29, 1.82) is 0 Å². The molecule has 4 nitrogen and oxygen atoms in total. The molecule has 0 fully saturated rings. The Morgan fingerprint density at radius 2 is 1.00 bits per heavy atom. The molecule has 0 radical (unpaired) electrons. The van der Waals surface area contributed by atoms with Crippen LogP contribution in [0.4, 0.5) is 11.4 Å². The van der Waals surface area contributed by atoms with Gasteiger partial charge >= 0.3 is 0 Å². The molecule has 0 atom stereocenters. The number of anilines is 2. The Balaban J connectivity index is 1.44. The van der Waals surface area contributed by atoms with Gasteiger partial charge in [0.05, 0.1) is 0 Å². The number of carbonyl (C=O) groups excluding carboxylic acids is 2. The first-order valence-corrected chi connectivity index (χ1v) is 16.5. The monoisotopic (exact) mass is 594 g/mol. The average Bonchev–Trinajstić information content (AvgIpc) is 2.98. The number of hydrogen-bond acceptors (Lipinski definition) is 6. The zero-order valence-electron chi connectivity index (χ0n) is 24.4. The Labute approximate surface area is 257 Å². The van der Waals surface area contributed by atoms with Gasteiger partial charge in [-0.25, -0.2) is 0 Å². The minimum atomic E-state index is -0.143. The highest BCUT2D eigenvalue weighted by Crippen LogP contribution is 2.43. The smallest absolute Gasteiger partial charge is 0.196 e. The molecule has 5 rings (SSSR count). The van der Waals surface area contributed by atoms with Crippen molar-refractivity contribution < 1.29 is 9.59 Å². The standard InChI is InChI=1S/C36H38N2O2S2/c1-3-5-7-11-23-17-19-29(27(37)21-23)41-31-15-9-13-25-33(31)36(40)34-26(35(25)39)14-10-16-32(34)42-30-20-18-24(22-28(30)38)12-8-6-4-2/h9-10,13-22H,3-8,11-12,37-38H2,1-2H3. The first kappa shape index (κ1) is 30.0. The number of ketones is 2. The second-order valence-electron chi connectivity index (χ2n) is 10.9. The van der Waals surface area contributed by atoms with Crippen LogP contribution in [0.25, 0.3) is 0 Å². The average molecular weight is 595 g/mol. The van der Waals surface area contributed by atoms with E-state index in [9.17, 15) is 9.59 Å². The van der Waals surface area contributed by atoms with E-state index in [4.69, 9.17) is 11.5 Å². The summed E-state index contributed by atoms with van der Waals surface area (Å²) in [5.41, 5.74) is 18.5. The van der Waals surface area contributed by atoms with E-state index in [1.54, 1.807) is 12.1 Å². The van der Waals surface area contributed by atoms with E-state index in [-0.39, 0.29) is 11.6 Å². The van der Waals surface area contributed by atoms with Gasteiger partial charge in [-0.2, -0.15) is 0 Å². The van der Waals surface area contributed by atoms with Gasteiger partial charge in [-0.3, -0.25) is 9.59 Å². The molecule has 0 aliphatic heterocycles. The zero-order chi connectivity index (χ0) is 29.6. The summed E-state index contributed by atoms with van der Waals surface area (Å²) in [5, 5.41) is 0. The number of fused-ring (bicyclic) bond motifs is 2. The summed E-state index contributed by atoms with van der Waals surface area (Å²) >= 11 is 2.89. The van der Waals surface area contributed by atoms with Crippen LogP contribution in [0.5, 0.6) is 0 Å². The van der Waals surface area contributed by atoms with Crippen molar-refractivity contribution in [3.05, 3.63) is 106 Å². The number of benzene rings is 4. The van der Waals surface area contributed by atoms with Crippen molar-refractivity contribution in [2.75, 3.05) is 11.5 Å². The van der Waals surface area contributed by atoms with Gasteiger partial charge in [0.15, 0.2) is 11.6 Å². The zero-order valence-corrected chi connectivity index (χ0v) is 26.0. The van der Waals surface area contributed by atoms with Crippen LogP contribution < -0.4 is 11.5 Å². The fraction of sp³-hybridized carbons (Fsp3) is 0.278. The van der Waals surface area contributed by atoms with E-state index in [1.807, 2.05) is 48.5 Å². The van der Waals surface area contributed by atoms with Crippen molar-refractivity contribution in [3.8, 4) is 0 Å². The number of hydrogen-bond donors (Lipinski definition) is 2. The highest BCUT2D eigenvalue weighted by Gasteiger charge is 2.34. The lowest BCUT2D eigenvalue weighted by Gasteiger charge is -2.22. The maximum Gasteiger partial charge on any atom is 0.196 e. The largest absolute Gasteiger partial charge is 0.398 e. The summed E-state index contributed by atoms with van der Waals surface area (Å²) in [6.07, 6.45) is 9.02. The minimum Gasteiger partial charge on any atom is -0.398 e. The molecular weight excluding hydrogens is 557 g/mol. The highest BCUT2D eigenvalue weighted by atomic mass is 32.2. The summed E-state index contributed by atoms with van der Waals surface area (Å²) in [6.45, 7) is 4.39. The first-order chi connectivity index (χ1) is 20.4. The lowest BCUT2D eigenvalue weighted by Crippen LogP contribution is -2.22. The van der Waals surface area contributed by atoms with Crippen molar-refractivity contribution in [3.63, 3.8) is 0 Å². The summed E-state index contributed by atoms with van der Waals surface area (Å²) in [6, 6.07) is 23.3. The van der Waals surface area contributed by atoms with Crippen LogP contribution in [-0.2, 0) is 12.8 Å². The predicted molar refractivity (Wildman–Crippen MR) is 176 cm³/mol. The van der Waals surface area contributed by atoms with Crippen LogP contribution in [0, 0.1) is 0 Å². The number of rotatable bonds is 12. The molecule has 1 aliphatic carbocycles. The molecule has 0 heterocycles. The van der Waals surface area contributed by atoms with Crippen LogP contribution in [-0.4, -0.2) is 11.6 Å². The van der Waals surface area contributed by atoms with Crippen LogP contribution in [0.3, 0.4) is 0 Å². The molecular formula is C36H38N2O2S2. The van der Waals surface area contributed by atoms with Gasteiger partial charge < -0.3 is 11.5 Å². The number of nitrogens with two attached hydrogens (primary N) is 2. The van der Waals surface area contributed by atoms with Gasteiger partial charge in [-0.1, -0.05) is 99.5 Å². The van der Waals surface area contributed by atoms with Crippen molar-refractivity contribution in [2.24, 2.45) is 0 Å². The lowest BCUT2D eigenvalue weighted by molar-refractivity contribution is 0.0974. The first-order valence-electron chi connectivity index (χ1n) is 14.9. The van der Waals surface area contributed by atoms with Crippen LogP contribution >= 0.6 is 23.5 Å². The Hall–Kier alpha value is -3.48. The lowest BCUT2D eigenvalue weighted by atomic mass is 9.84. The maximum absolute atomic E-state index is 14.2. The fourth-order valence-electron chi connectivity index (χ4n) is 5.44. The molecule has 4 aromatic rings. The molecule has 0 spiro atoms. The van der Waals surface area contributed by atoms with Gasteiger partial charge in [-0.05, 0) is 73.2 Å². The van der Waals surface area contributed by atoms with Gasteiger partial charge in [-0.15, -0.1) is 0 Å². The molecule has 0 saturated heterocycles. The van der Waals surface area contributed by atoms with E-state index < -0.39 is 0 Å². The van der Waals surface area contributed by atoms with E-state index in [1.165, 1.54) is 60.3 Å². The number of unbranched alkanes of at least 4 members (excludes halogenated alkanes) is 4. The number of nitrogen functional groups attached to an aromatic ring is 2. The Morgan fingerprint density at radius 1 is 0.548 bits per heavy atom. The Kier molecular flexibility index (Phi) is 9.76. The number of aryl methyl sites for hydroxylation is 2. The number of carbonyl (C=O) groups is 2. The van der Waals surface area contributed by atoms with Crippen molar-refractivity contribution in [1.82, 2.24) is 0 Å². The molecule has 0 bridgehead atoms. The molecule has 0 amide bonds. The van der Waals surface area contributed by atoms with E-state index in [0.717, 1.165) is 45.3 Å². The molecule has 216 valence electrons. The summed E-state index contributed by atoms with van der Waals surface area (Å²) in [4.78, 5) is 31.1. The molecule has 0 saturated carbocycles. The molecule has 0 aromatic heterocycles. The van der Waals surface area contributed by atoms with Gasteiger partial charge in [0.1, 0.15) is 0 Å². The van der Waals surface area contributed by atoms with Crippen molar-refractivity contribution >= 4 is 46.5 Å². The minimum absolute atomic E-state index is 0.136. The topological polar surface area (TPSA) is 86.2 Å². The van der Waals surface area contributed by atoms with E-state index in [2.05, 4.69) is 26.0 Å². The Morgan fingerprint density at radius 3 is 1.40 bits per heavy atom. The molecule has 42 heavy (non-hydrogen) atoms. The van der Waals surface area contributed by atoms with E-state index in [0.29, 0.717) is 33.6 Å². The van der Waals surface area contributed by atoms with Crippen LogP contribution in [0.2, 0.25) is 0 Å². The molecule has 4 aromatic carbocycles. The quantitative estimate of drug-likeness (QED) is 0.111. The second-order valence-corrected chi connectivity index (χ2v) is 13.0. The van der Waals surface area contributed by atoms with Crippen molar-refractivity contribution in [2.45, 2.75) is 84.8 Å². The van der Waals surface area contributed by atoms with Crippen LogP contribution in [0.15, 0.2) is 92.4 Å². The molecule has 1 aliphatic rings. The fourth-order valence-corrected chi connectivity index (χ4v) is 7.44. The molecule has 4 N–H and O–H groups in total. The predicted octanol–water partition coefficient (Wildman–Crippen LogP) is 9.39. The third kappa shape index (κ3) is 6.45. The molecule has 0 unspecified atom stereocenters. The third-order valence-electron chi connectivity index (χ3n) is 7.72. The van der Waals surface area contributed by atoms with Crippen LogP contribution in [0.1, 0.15) is 95.3 Å². The maximum atomic E-state index is 14.2. The summed E-state index contributed by atoms with van der Waals surface area (Å²) < 4.78 is 0. The third-order valence-corrected chi connectivity index (χ3v) is 10.0. The highest BCUT2D eigenvalue weighted by molar-refractivity contribution is 8.00. The normalized spacial score (nSPS) is 12.3. The Bertz CT molecular complexity index is 1510. The SMILES string of the molecule is CCCCCc1ccc(Sc2cccc3c2C(=O)c2c(Sc4ccc(CCCCC)cc4N)cccc2C3=O)c(N)c1. The van der Waals surface area contributed by atoms with Gasteiger partial charge in [0.2, 0.25) is 0 Å². The second kappa shape index (κ2) is 13.7. The van der Waals surface area contributed by atoms with E-state index >= 15 is 0 Å². The summed E-state index contributed by atoms with van der Waals surface area (Å²) in [7, 11) is 0. The van der Waals surface area contributed by atoms with Gasteiger partial charge in [0.25, 0.3) is 0 Å². The summed E-state index contributed by atoms with van der Waals surface area (Å²) in [5.74, 6) is -0.279.